The molecule has 0 saturated carbocycles. The summed E-state index contributed by atoms with van der Waals surface area (Å²) in [6.07, 6.45) is 1.83. The number of fused-ring (bicyclic) bond motifs is 1. The summed E-state index contributed by atoms with van der Waals surface area (Å²) in [4.78, 5) is 8.65. The number of rotatable bonds is 2. The summed E-state index contributed by atoms with van der Waals surface area (Å²) in [5, 5.41) is 18.8. The zero-order valence-corrected chi connectivity index (χ0v) is 13.9. The van der Waals surface area contributed by atoms with Gasteiger partial charge < -0.3 is 9.80 Å². The van der Waals surface area contributed by atoms with Gasteiger partial charge in [-0.05, 0) is 24.3 Å². The highest BCUT2D eigenvalue weighted by molar-refractivity contribution is 5.63. The van der Waals surface area contributed by atoms with Gasteiger partial charge in [0, 0.05) is 32.4 Å². The van der Waals surface area contributed by atoms with Crippen molar-refractivity contribution in [1.29, 1.82) is 10.5 Å². The maximum Gasteiger partial charge on any atom is 0.169 e. The highest BCUT2D eigenvalue weighted by Crippen LogP contribution is 2.26. The first-order valence-corrected chi connectivity index (χ1v) is 8.28. The van der Waals surface area contributed by atoms with Crippen molar-refractivity contribution in [3.05, 3.63) is 59.7 Å². The van der Waals surface area contributed by atoms with Crippen LogP contribution < -0.4 is 9.80 Å². The summed E-state index contributed by atoms with van der Waals surface area (Å²) in [6, 6.07) is 14.5. The van der Waals surface area contributed by atoms with Crippen molar-refractivity contribution in [2.75, 3.05) is 36.0 Å². The van der Waals surface area contributed by atoms with Gasteiger partial charge in [0.2, 0.25) is 0 Å². The molecule has 1 aromatic carbocycles. The van der Waals surface area contributed by atoms with E-state index in [1.807, 2.05) is 35.4 Å². The number of anilines is 2. The first kappa shape index (κ1) is 15.9. The zero-order chi connectivity index (χ0) is 18.1. The Bertz CT molecular complexity index is 1050. The number of pyridine rings is 1. The van der Waals surface area contributed by atoms with Crippen LogP contribution in [0.4, 0.5) is 15.9 Å². The van der Waals surface area contributed by atoms with Crippen LogP contribution in [0.1, 0.15) is 11.3 Å². The lowest BCUT2D eigenvalue weighted by atomic mass is 10.1. The van der Waals surface area contributed by atoms with E-state index < -0.39 is 5.82 Å². The van der Waals surface area contributed by atoms with Gasteiger partial charge in [-0.25, -0.2) is 9.37 Å². The molecule has 0 unspecified atom stereocenters. The Kier molecular flexibility index (Phi) is 3.91. The van der Waals surface area contributed by atoms with Gasteiger partial charge in [0.25, 0.3) is 0 Å². The fourth-order valence-corrected chi connectivity index (χ4v) is 3.35. The number of halogens is 1. The number of benzene rings is 1. The van der Waals surface area contributed by atoms with Crippen LogP contribution >= 0.6 is 0 Å². The second-order valence-electron chi connectivity index (χ2n) is 6.04. The molecule has 4 rings (SSSR count). The molecule has 1 saturated heterocycles. The Balaban J connectivity index is 1.60. The maximum absolute atomic E-state index is 13.9. The van der Waals surface area contributed by atoms with Crippen molar-refractivity contribution < 1.29 is 4.39 Å². The Morgan fingerprint density at radius 1 is 0.923 bits per heavy atom. The molecule has 0 spiro atoms. The molecule has 1 fully saturated rings. The monoisotopic (exact) mass is 346 g/mol. The largest absolute Gasteiger partial charge is 0.367 e. The first-order chi connectivity index (χ1) is 12.7. The van der Waals surface area contributed by atoms with Gasteiger partial charge in [-0.2, -0.15) is 10.5 Å². The topological polar surface area (TPSA) is 71.4 Å². The highest BCUT2D eigenvalue weighted by atomic mass is 19.1. The van der Waals surface area contributed by atoms with E-state index in [1.165, 1.54) is 6.07 Å². The SMILES string of the molecule is N#Cc1c(F)cccc1N1CCN(c2nc3ccccn3c2C#N)CC1. The van der Waals surface area contributed by atoms with Crippen LogP contribution in [-0.2, 0) is 0 Å². The summed E-state index contributed by atoms with van der Waals surface area (Å²) in [5.41, 5.74) is 1.94. The molecule has 0 bridgehead atoms. The molecule has 0 N–H and O–H groups in total. The smallest absolute Gasteiger partial charge is 0.169 e. The van der Waals surface area contributed by atoms with Gasteiger partial charge in [-0.1, -0.05) is 12.1 Å². The number of hydrogen-bond acceptors (Lipinski definition) is 5. The normalized spacial score (nSPS) is 14.3. The minimum absolute atomic E-state index is 0.0754. The van der Waals surface area contributed by atoms with E-state index in [1.54, 1.807) is 16.5 Å². The van der Waals surface area contributed by atoms with Crippen LogP contribution in [0, 0.1) is 28.5 Å². The van der Waals surface area contributed by atoms with Crippen molar-refractivity contribution in [1.82, 2.24) is 9.38 Å². The third kappa shape index (κ3) is 2.51. The quantitative estimate of drug-likeness (QED) is 0.713. The molecule has 0 aliphatic carbocycles. The third-order valence-corrected chi connectivity index (χ3v) is 4.64. The number of aromatic nitrogens is 2. The van der Waals surface area contributed by atoms with Gasteiger partial charge in [-0.3, -0.25) is 4.40 Å². The minimum atomic E-state index is -0.500. The molecule has 0 atom stereocenters. The van der Waals surface area contributed by atoms with Gasteiger partial charge in [0.15, 0.2) is 11.5 Å². The van der Waals surface area contributed by atoms with E-state index in [-0.39, 0.29) is 5.56 Å². The van der Waals surface area contributed by atoms with Crippen molar-refractivity contribution >= 4 is 17.2 Å². The number of hydrogen-bond donors (Lipinski definition) is 0. The molecule has 2 aromatic heterocycles. The molecule has 3 aromatic rings. The molecule has 26 heavy (non-hydrogen) atoms. The molecule has 1 aliphatic rings. The lowest BCUT2D eigenvalue weighted by Crippen LogP contribution is -2.47. The summed E-state index contributed by atoms with van der Waals surface area (Å²) in [7, 11) is 0. The average molecular weight is 346 g/mol. The van der Waals surface area contributed by atoms with Crippen LogP contribution in [0.2, 0.25) is 0 Å². The number of piperazine rings is 1. The van der Waals surface area contributed by atoms with Crippen LogP contribution in [0.5, 0.6) is 0 Å². The van der Waals surface area contributed by atoms with Crippen LogP contribution in [0.25, 0.3) is 5.65 Å². The van der Waals surface area contributed by atoms with Gasteiger partial charge in [0.1, 0.15) is 29.2 Å². The predicted molar refractivity (Wildman–Crippen MR) is 95.4 cm³/mol. The molecule has 6 nitrogen and oxygen atoms in total. The van der Waals surface area contributed by atoms with E-state index in [9.17, 15) is 14.9 Å². The molecular weight excluding hydrogens is 331 g/mol. The number of nitrogens with zero attached hydrogens (tertiary/aromatic N) is 6. The third-order valence-electron chi connectivity index (χ3n) is 4.64. The maximum atomic E-state index is 13.9. The Morgan fingerprint density at radius 2 is 1.69 bits per heavy atom. The Labute approximate surface area is 149 Å². The lowest BCUT2D eigenvalue weighted by Gasteiger charge is -2.36. The fourth-order valence-electron chi connectivity index (χ4n) is 3.35. The van der Waals surface area contributed by atoms with Crippen molar-refractivity contribution in [2.24, 2.45) is 0 Å². The van der Waals surface area contributed by atoms with Crippen molar-refractivity contribution in [3.63, 3.8) is 0 Å². The van der Waals surface area contributed by atoms with E-state index >= 15 is 0 Å². The highest BCUT2D eigenvalue weighted by Gasteiger charge is 2.24. The van der Waals surface area contributed by atoms with Gasteiger partial charge in [-0.15, -0.1) is 0 Å². The molecule has 1 aliphatic heterocycles. The second kappa shape index (κ2) is 6.38. The molecule has 0 radical (unpaired) electrons. The number of nitriles is 2. The molecule has 0 amide bonds. The first-order valence-electron chi connectivity index (χ1n) is 8.28. The van der Waals surface area contributed by atoms with E-state index in [4.69, 9.17) is 0 Å². The molecular formula is C19H15FN6. The standard InChI is InChI=1S/C19H15FN6/c20-15-4-3-5-16(14(15)12-21)24-8-10-25(11-9-24)19-17(13-22)26-7-2-1-6-18(26)23-19/h1-7H,8-11H2. The van der Waals surface area contributed by atoms with Gasteiger partial charge in [0.05, 0.1) is 5.69 Å². The Morgan fingerprint density at radius 3 is 2.42 bits per heavy atom. The number of imidazole rings is 1. The van der Waals surface area contributed by atoms with Crippen molar-refractivity contribution in [2.45, 2.75) is 0 Å². The molecule has 128 valence electrons. The minimum Gasteiger partial charge on any atom is -0.367 e. The summed E-state index contributed by atoms with van der Waals surface area (Å²) < 4.78 is 15.6. The second-order valence-corrected chi connectivity index (χ2v) is 6.04. The van der Waals surface area contributed by atoms with Crippen LogP contribution in [0.3, 0.4) is 0 Å². The van der Waals surface area contributed by atoms with E-state index in [2.05, 4.69) is 16.0 Å². The van der Waals surface area contributed by atoms with E-state index in [0.717, 1.165) is 5.65 Å². The van der Waals surface area contributed by atoms with Gasteiger partial charge >= 0.3 is 0 Å². The van der Waals surface area contributed by atoms with Crippen molar-refractivity contribution in [3.8, 4) is 12.1 Å². The Hall–Kier alpha value is -3.58. The lowest BCUT2D eigenvalue weighted by molar-refractivity contribution is 0.615. The fraction of sp³-hybridized carbons (Fsp3) is 0.211. The molecule has 7 heteroatoms. The van der Waals surface area contributed by atoms with Crippen LogP contribution in [-0.4, -0.2) is 35.6 Å². The van der Waals surface area contributed by atoms with Crippen LogP contribution in [0.15, 0.2) is 42.6 Å². The average Bonchev–Trinajstić information content (AvgIpc) is 3.06. The summed E-state index contributed by atoms with van der Waals surface area (Å²) in [6.45, 7) is 2.52. The summed E-state index contributed by atoms with van der Waals surface area (Å²) >= 11 is 0. The summed E-state index contributed by atoms with van der Waals surface area (Å²) in [5.74, 6) is 0.164. The zero-order valence-electron chi connectivity index (χ0n) is 13.9. The predicted octanol–water partition coefficient (Wildman–Crippen LogP) is 2.54. The molecule has 3 heterocycles. The van der Waals surface area contributed by atoms with E-state index in [0.29, 0.717) is 43.4 Å².